The Morgan fingerprint density at radius 3 is 2.70 bits per heavy atom. The third-order valence-corrected chi connectivity index (χ3v) is 6.04. The Kier molecular flexibility index (Phi) is 6.76. The van der Waals surface area contributed by atoms with Gasteiger partial charge >= 0.3 is 0 Å². The van der Waals surface area contributed by atoms with Crippen molar-refractivity contribution < 1.29 is 14.0 Å². The van der Waals surface area contributed by atoms with Gasteiger partial charge in [0.15, 0.2) is 10.1 Å². The Morgan fingerprint density at radius 1 is 1.19 bits per heavy atom. The zero-order valence-electron chi connectivity index (χ0n) is 13.9. The average Bonchev–Trinajstić information content (AvgIpc) is 3.07. The van der Waals surface area contributed by atoms with Crippen LogP contribution in [0.15, 0.2) is 62.7 Å². The van der Waals surface area contributed by atoms with Crippen LogP contribution in [0.5, 0.6) is 0 Å². The van der Waals surface area contributed by atoms with E-state index in [1.165, 1.54) is 47.4 Å². The van der Waals surface area contributed by atoms with Crippen molar-refractivity contribution in [3.8, 4) is 0 Å². The van der Waals surface area contributed by atoms with E-state index < -0.39 is 0 Å². The summed E-state index contributed by atoms with van der Waals surface area (Å²) in [4.78, 5) is 28.6. The molecule has 0 radical (unpaired) electrons. The number of benzene rings is 2. The van der Waals surface area contributed by atoms with E-state index >= 15 is 0 Å². The number of thiazole rings is 1. The topological polar surface area (TPSA) is 59.1 Å². The summed E-state index contributed by atoms with van der Waals surface area (Å²) in [5.41, 5.74) is 1.84. The summed E-state index contributed by atoms with van der Waals surface area (Å²) >= 11 is 6.06. The summed E-state index contributed by atoms with van der Waals surface area (Å²) in [7, 11) is 0. The highest BCUT2D eigenvalue weighted by molar-refractivity contribution is 9.10. The molecule has 27 heavy (non-hydrogen) atoms. The fourth-order valence-corrected chi connectivity index (χ4v) is 4.36. The number of amides is 1. The molecule has 0 aliphatic rings. The standard InChI is InChI=1S/C19H14BrFN2O2S2/c20-13-2-1-3-15(8-13)22-18(25)9-16-10-26-19(23-16)27-11-17(24)12-4-6-14(21)7-5-12/h1-8,10H,9,11H2,(H,22,25). The first kappa shape index (κ1) is 19.7. The monoisotopic (exact) mass is 464 g/mol. The first-order valence-corrected chi connectivity index (χ1v) is 10.6. The van der Waals surface area contributed by atoms with Crippen molar-refractivity contribution >= 4 is 56.4 Å². The minimum atomic E-state index is -0.370. The molecule has 8 heteroatoms. The van der Waals surface area contributed by atoms with E-state index in [0.717, 1.165) is 8.81 Å². The third kappa shape index (κ3) is 5.98. The molecule has 138 valence electrons. The lowest BCUT2D eigenvalue weighted by atomic mass is 10.1. The molecule has 3 aromatic rings. The molecule has 1 N–H and O–H groups in total. The molecule has 1 aromatic heterocycles. The van der Waals surface area contributed by atoms with Gasteiger partial charge in [-0.05, 0) is 42.5 Å². The van der Waals surface area contributed by atoms with Crippen molar-refractivity contribution in [1.82, 2.24) is 4.98 Å². The van der Waals surface area contributed by atoms with Crippen LogP contribution in [0.4, 0.5) is 10.1 Å². The van der Waals surface area contributed by atoms with Gasteiger partial charge in [-0.25, -0.2) is 9.37 Å². The van der Waals surface area contributed by atoms with E-state index in [9.17, 15) is 14.0 Å². The molecule has 0 saturated heterocycles. The van der Waals surface area contributed by atoms with E-state index in [-0.39, 0.29) is 29.7 Å². The number of aromatic nitrogens is 1. The first-order valence-electron chi connectivity index (χ1n) is 7.91. The van der Waals surface area contributed by atoms with Crippen LogP contribution < -0.4 is 5.32 Å². The minimum Gasteiger partial charge on any atom is -0.326 e. The molecule has 0 spiro atoms. The number of carbonyl (C=O) groups excluding carboxylic acids is 2. The third-order valence-electron chi connectivity index (χ3n) is 3.47. The Morgan fingerprint density at radius 2 is 1.96 bits per heavy atom. The predicted octanol–water partition coefficient (Wildman–Crippen LogP) is 5.20. The van der Waals surface area contributed by atoms with Crippen molar-refractivity contribution in [2.45, 2.75) is 10.8 Å². The van der Waals surface area contributed by atoms with Gasteiger partial charge in [-0.1, -0.05) is 33.8 Å². The Labute approximate surface area is 172 Å². The lowest BCUT2D eigenvalue weighted by Crippen LogP contribution is -2.14. The molecule has 3 rings (SSSR count). The fraction of sp³-hybridized carbons (Fsp3) is 0.105. The van der Waals surface area contributed by atoms with E-state index in [2.05, 4.69) is 26.2 Å². The second-order valence-electron chi connectivity index (χ2n) is 5.56. The van der Waals surface area contributed by atoms with Crippen LogP contribution in [0.3, 0.4) is 0 Å². The SMILES string of the molecule is O=C(Cc1csc(SCC(=O)c2ccc(F)cc2)n1)Nc1cccc(Br)c1. The van der Waals surface area contributed by atoms with Crippen LogP contribution in [0.1, 0.15) is 16.1 Å². The molecule has 1 heterocycles. The summed E-state index contributed by atoms with van der Waals surface area (Å²) in [5, 5.41) is 4.63. The molecule has 0 atom stereocenters. The van der Waals surface area contributed by atoms with E-state index in [0.29, 0.717) is 16.9 Å². The molecule has 0 fully saturated rings. The Hall–Kier alpha value is -2.03. The number of nitrogens with zero attached hydrogens (tertiary/aromatic N) is 1. The van der Waals surface area contributed by atoms with Gasteiger partial charge in [0.05, 0.1) is 17.9 Å². The Bertz CT molecular complexity index is 960. The van der Waals surface area contributed by atoms with E-state index in [1.54, 1.807) is 0 Å². The second-order valence-corrected chi connectivity index (χ2v) is 8.56. The van der Waals surface area contributed by atoms with Crippen LogP contribution in [0.2, 0.25) is 0 Å². The lowest BCUT2D eigenvalue weighted by molar-refractivity contribution is -0.115. The zero-order chi connectivity index (χ0) is 19.2. The largest absolute Gasteiger partial charge is 0.326 e. The molecule has 2 aromatic carbocycles. The first-order chi connectivity index (χ1) is 13.0. The molecule has 0 bridgehead atoms. The molecular formula is C19H14BrFN2O2S2. The van der Waals surface area contributed by atoms with Gasteiger partial charge in [-0.3, -0.25) is 9.59 Å². The smallest absolute Gasteiger partial charge is 0.230 e. The number of rotatable bonds is 7. The maximum absolute atomic E-state index is 12.9. The molecule has 0 saturated carbocycles. The Balaban J connectivity index is 1.51. The number of nitrogens with one attached hydrogen (secondary N) is 1. The number of anilines is 1. The second kappa shape index (κ2) is 9.25. The maximum atomic E-state index is 12.9. The highest BCUT2D eigenvalue weighted by Gasteiger charge is 2.11. The summed E-state index contributed by atoms with van der Waals surface area (Å²) < 4.78 is 14.5. The quantitative estimate of drug-likeness (QED) is 0.385. The predicted molar refractivity (Wildman–Crippen MR) is 110 cm³/mol. The normalized spacial score (nSPS) is 10.6. The summed E-state index contributed by atoms with van der Waals surface area (Å²) in [6.07, 6.45) is 0.162. The molecule has 1 amide bonds. The van der Waals surface area contributed by atoms with E-state index in [4.69, 9.17) is 0 Å². The van der Waals surface area contributed by atoms with Crippen LogP contribution in [-0.2, 0) is 11.2 Å². The van der Waals surface area contributed by atoms with Crippen LogP contribution in [-0.4, -0.2) is 22.4 Å². The number of halogens is 2. The van der Waals surface area contributed by atoms with Crippen molar-refractivity contribution in [1.29, 1.82) is 0 Å². The number of hydrogen-bond acceptors (Lipinski definition) is 5. The number of thioether (sulfide) groups is 1. The van der Waals surface area contributed by atoms with Crippen molar-refractivity contribution in [3.05, 3.63) is 75.5 Å². The van der Waals surface area contributed by atoms with Crippen molar-refractivity contribution in [3.63, 3.8) is 0 Å². The van der Waals surface area contributed by atoms with Gasteiger partial charge in [-0.15, -0.1) is 11.3 Å². The van der Waals surface area contributed by atoms with Crippen LogP contribution in [0, 0.1) is 5.82 Å². The highest BCUT2D eigenvalue weighted by atomic mass is 79.9. The minimum absolute atomic E-state index is 0.0934. The van der Waals surface area contributed by atoms with Gasteiger partial charge in [0.25, 0.3) is 0 Å². The number of ketones is 1. The lowest BCUT2D eigenvalue weighted by Gasteiger charge is -2.04. The maximum Gasteiger partial charge on any atom is 0.230 e. The molecule has 0 unspecified atom stereocenters. The molecule has 0 aliphatic heterocycles. The van der Waals surface area contributed by atoms with Gasteiger partial charge in [-0.2, -0.15) is 0 Å². The summed E-state index contributed by atoms with van der Waals surface area (Å²) in [6.45, 7) is 0. The molecular weight excluding hydrogens is 451 g/mol. The van der Waals surface area contributed by atoms with E-state index in [1.807, 2.05) is 29.6 Å². The summed E-state index contributed by atoms with van der Waals surface area (Å²) in [6, 6.07) is 12.8. The van der Waals surface area contributed by atoms with Gasteiger partial charge in [0.1, 0.15) is 5.82 Å². The van der Waals surface area contributed by atoms with Crippen molar-refractivity contribution in [2.75, 3.05) is 11.1 Å². The number of hydrogen-bond donors (Lipinski definition) is 1. The van der Waals surface area contributed by atoms with Gasteiger partial charge in [0.2, 0.25) is 5.91 Å². The van der Waals surface area contributed by atoms with Gasteiger partial charge < -0.3 is 5.32 Å². The highest BCUT2D eigenvalue weighted by Crippen LogP contribution is 2.24. The fourth-order valence-electron chi connectivity index (χ4n) is 2.22. The number of carbonyl (C=O) groups is 2. The molecule has 0 aliphatic carbocycles. The number of Topliss-reactive ketones (excluding diaryl/α,β-unsaturated/α-hetero) is 1. The summed E-state index contributed by atoms with van der Waals surface area (Å²) in [5.74, 6) is -0.408. The van der Waals surface area contributed by atoms with Crippen LogP contribution >= 0.6 is 39.0 Å². The molecule has 4 nitrogen and oxygen atoms in total. The van der Waals surface area contributed by atoms with Gasteiger partial charge in [0, 0.05) is 21.1 Å². The van der Waals surface area contributed by atoms with Crippen LogP contribution in [0.25, 0.3) is 0 Å². The van der Waals surface area contributed by atoms with Crippen molar-refractivity contribution in [2.24, 2.45) is 0 Å². The average molecular weight is 465 g/mol. The zero-order valence-corrected chi connectivity index (χ0v) is 17.2.